The van der Waals surface area contributed by atoms with E-state index in [0.29, 0.717) is 19.4 Å². The maximum atomic E-state index is 13.0. The quantitative estimate of drug-likeness (QED) is 0.774. The van der Waals surface area contributed by atoms with Gasteiger partial charge in [0.2, 0.25) is 5.91 Å². The van der Waals surface area contributed by atoms with Gasteiger partial charge < -0.3 is 15.1 Å². The van der Waals surface area contributed by atoms with Crippen LogP contribution in [0.4, 0.5) is 10.5 Å². The zero-order valence-electron chi connectivity index (χ0n) is 17.2. The second-order valence-electron chi connectivity index (χ2n) is 8.46. The van der Waals surface area contributed by atoms with Crippen LogP contribution >= 0.6 is 0 Å². The van der Waals surface area contributed by atoms with E-state index in [1.807, 2.05) is 12.1 Å². The Morgan fingerprint density at radius 2 is 1.66 bits per heavy atom. The lowest BCUT2D eigenvalue weighted by atomic mass is 9.81. The zero-order valence-corrected chi connectivity index (χ0v) is 17.2. The number of urea groups is 1. The molecule has 0 bridgehead atoms. The molecule has 3 fully saturated rings. The van der Waals surface area contributed by atoms with Crippen LogP contribution in [0.2, 0.25) is 0 Å². The molecular formula is C22H30N4O3. The molecule has 2 heterocycles. The first-order chi connectivity index (χ1) is 14.0. The van der Waals surface area contributed by atoms with Gasteiger partial charge in [-0.3, -0.25) is 14.5 Å². The first-order valence-electron chi connectivity index (χ1n) is 10.7. The van der Waals surface area contributed by atoms with Gasteiger partial charge in [-0.1, -0.05) is 31.4 Å². The van der Waals surface area contributed by atoms with Gasteiger partial charge in [0.25, 0.3) is 5.91 Å². The minimum absolute atomic E-state index is 0.213. The molecule has 0 unspecified atom stereocenters. The van der Waals surface area contributed by atoms with E-state index in [1.54, 1.807) is 11.9 Å². The molecule has 29 heavy (non-hydrogen) atoms. The highest BCUT2D eigenvalue weighted by Gasteiger charge is 2.55. The Kier molecular flexibility index (Phi) is 5.48. The number of nitrogens with one attached hydrogen (secondary N) is 1. The van der Waals surface area contributed by atoms with E-state index in [-0.39, 0.29) is 24.4 Å². The van der Waals surface area contributed by atoms with Gasteiger partial charge in [0.1, 0.15) is 12.1 Å². The average Bonchev–Trinajstić information content (AvgIpc) is 3.34. The molecule has 1 spiro atoms. The Balaban J connectivity index is 1.32. The monoisotopic (exact) mass is 398 g/mol. The molecular weight excluding hydrogens is 368 g/mol. The van der Waals surface area contributed by atoms with Gasteiger partial charge in [0, 0.05) is 32.4 Å². The molecule has 4 amide bonds. The van der Waals surface area contributed by atoms with E-state index >= 15 is 0 Å². The maximum Gasteiger partial charge on any atom is 0.327 e. The number of likely N-dealkylation sites (N-methyl/N-ethyl adjacent to an activating group) is 1. The standard InChI is InChI=1S/C22H30N4O3/c1-24-21(29)26(20(28)22(24)11-3-2-4-12-22)16-19(27)23-15-17-7-9-18(10-8-17)25-13-5-6-14-25/h7-10H,2-6,11-16H2,1H3,(H,23,27). The summed E-state index contributed by atoms with van der Waals surface area (Å²) < 4.78 is 0. The lowest BCUT2D eigenvalue weighted by Gasteiger charge is -2.35. The van der Waals surface area contributed by atoms with Gasteiger partial charge in [0.15, 0.2) is 0 Å². The number of nitrogens with zero attached hydrogens (tertiary/aromatic N) is 3. The molecule has 7 nitrogen and oxygen atoms in total. The van der Waals surface area contributed by atoms with Gasteiger partial charge in [-0.25, -0.2) is 4.79 Å². The van der Waals surface area contributed by atoms with Gasteiger partial charge >= 0.3 is 6.03 Å². The van der Waals surface area contributed by atoms with Crippen LogP contribution < -0.4 is 10.2 Å². The third-order valence-electron chi connectivity index (χ3n) is 6.68. The molecule has 1 aromatic rings. The predicted molar refractivity (Wildman–Crippen MR) is 110 cm³/mol. The summed E-state index contributed by atoms with van der Waals surface area (Å²) in [5, 5.41) is 2.84. The minimum atomic E-state index is -0.735. The summed E-state index contributed by atoms with van der Waals surface area (Å²) >= 11 is 0. The van der Waals surface area contributed by atoms with E-state index in [2.05, 4.69) is 22.3 Å². The second kappa shape index (κ2) is 8.05. The number of benzene rings is 1. The predicted octanol–water partition coefficient (Wildman–Crippen LogP) is 2.50. The van der Waals surface area contributed by atoms with E-state index in [1.165, 1.54) is 18.5 Å². The van der Waals surface area contributed by atoms with Crippen LogP contribution in [-0.2, 0) is 16.1 Å². The molecule has 7 heteroatoms. The number of carbonyl (C=O) groups excluding carboxylic acids is 3. The van der Waals surface area contributed by atoms with Crippen LogP contribution in [0.5, 0.6) is 0 Å². The molecule has 156 valence electrons. The lowest BCUT2D eigenvalue weighted by molar-refractivity contribution is -0.137. The van der Waals surface area contributed by atoms with Crippen molar-refractivity contribution in [3.8, 4) is 0 Å². The fourth-order valence-electron chi connectivity index (χ4n) is 4.87. The van der Waals surface area contributed by atoms with Gasteiger partial charge in [-0.05, 0) is 43.4 Å². The first-order valence-corrected chi connectivity index (χ1v) is 10.7. The molecule has 0 atom stereocenters. The average molecular weight is 399 g/mol. The second-order valence-corrected chi connectivity index (χ2v) is 8.46. The SMILES string of the molecule is CN1C(=O)N(CC(=O)NCc2ccc(N3CCCC3)cc2)C(=O)C12CCCCC2. The molecule has 1 aromatic carbocycles. The maximum absolute atomic E-state index is 13.0. The highest BCUT2D eigenvalue weighted by atomic mass is 16.2. The highest BCUT2D eigenvalue weighted by Crippen LogP contribution is 2.39. The Bertz CT molecular complexity index is 780. The molecule has 2 saturated heterocycles. The number of hydrogen-bond acceptors (Lipinski definition) is 4. The largest absolute Gasteiger partial charge is 0.372 e. The van der Waals surface area contributed by atoms with E-state index in [0.717, 1.165) is 42.8 Å². The summed E-state index contributed by atoms with van der Waals surface area (Å²) in [7, 11) is 1.69. The van der Waals surface area contributed by atoms with Crippen LogP contribution in [0, 0.1) is 0 Å². The highest BCUT2D eigenvalue weighted by molar-refractivity contribution is 6.08. The minimum Gasteiger partial charge on any atom is -0.372 e. The first kappa shape index (κ1) is 19.7. The van der Waals surface area contributed by atoms with Gasteiger partial charge in [-0.2, -0.15) is 0 Å². The van der Waals surface area contributed by atoms with Crippen molar-refractivity contribution in [3.05, 3.63) is 29.8 Å². The number of anilines is 1. The van der Waals surface area contributed by atoms with Crippen molar-refractivity contribution in [1.29, 1.82) is 0 Å². The van der Waals surface area contributed by atoms with E-state index < -0.39 is 5.54 Å². The Hall–Kier alpha value is -2.57. The molecule has 1 saturated carbocycles. The smallest absolute Gasteiger partial charge is 0.327 e. The Morgan fingerprint density at radius 3 is 2.31 bits per heavy atom. The van der Waals surface area contributed by atoms with Crippen molar-refractivity contribution in [2.45, 2.75) is 57.0 Å². The summed E-state index contributed by atoms with van der Waals surface area (Å²) in [4.78, 5) is 43.0. The summed E-state index contributed by atoms with van der Waals surface area (Å²) in [6.07, 6.45) is 6.83. The number of hydrogen-bond donors (Lipinski definition) is 1. The third-order valence-corrected chi connectivity index (χ3v) is 6.68. The van der Waals surface area contributed by atoms with Crippen molar-refractivity contribution in [1.82, 2.24) is 15.1 Å². The van der Waals surface area contributed by atoms with Gasteiger partial charge in [-0.15, -0.1) is 0 Å². The van der Waals surface area contributed by atoms with Crippen molar-refractivity contribution < 1.29 is 14.4 Å². The van der Waals surface area contributed by atoms with Crippen LogP contribution in [0.15, 0.2) is 24.3 Å². The zero-order chi connectivity index (χ0) is 20.4. The number of imide groups is 1. The number of rotatable bonds is 5. The van der Waals surface area contributed by atoms with Crippen LogP contribution in [0.25, 0.3) is 0 Å². The van der Waals surface area contributed by atoms with Crippen LogP contribution in [-0.4, -0.2) is 59.9 Å². The normalized spacial score (nSPS) is 21.3. The number of carbonyl (C=O) groups is 3. The van der Waals surface area contributed by atoms with Crippen molar-refractivity contribution in [2.24, 2.45) is 0 Å². The summed E-state index contributed by atoms with van der Waals surface area (Å²) in [5.41, 5.74) is 1.48. The third kappa shape index (κ3) is 3.70. The molecule has 0 radical (unpaired) electrons. The molecule has 1 N–H and O–H groups in total. The topological polar surface area (TPSA) is 73.0 Å². The number of amides is 4. The Labute approximate surface area is 172 Å². The van der Waals surface area contributed by atoms with Crippen LogP contribution in [0.1, 0.15) is 50.5 Å². The fraction of sp³-hybridized carbons (Fsp3) is 0.591. The van der Waals surface area contributed by atoms with E-state index in [4.69, 9.17) is 0 Å². The molecule has 2 aliphatic heterocycles. The Morgan fingerprint density at radius 1 is 1.00 bits per heavy atom. The van der Waals surface area contributed by atoms with Crippen molar-refractivity contribution in [2.75, 3.05) is 31.6 Å². The van der Waals surface area contributed by atoms with Crippen molar-refractivity contribution >= 4 is 23.5 Å². The summed E-state index contributed by atoms with van der Waals surface area (Å²) in [6, 6.07) is 7.85. The molecule has 3 aliphatic rings. The summed E-state index contributed by atoms with van der Waals surface area (Å²) in [6.45, 7) is 2.37. The molecule has 0 aromatic heterocycles. The lowest BCUT2D eigenvalue weighted by Crippen LogP contribution is -2.49. The fourth-order valence-corrected chi connectivity index (χ4v) is 4.87. The van der Waals surface area contributed by atoms with E-state index in [9.17, 15) is 14.4 Å². The van der Waals surface area contributed by atoms with Gasteiger partial charge in [0.05, 0.1) is 0 Å². The molecule has 4 rings (SSSR count). The molecule has 1 aliphatic carbocycles. The van der Waals surface area contributed by atoms with Crippen LogP contribution in [0.3, 0.4) is 0 Å². The van der Waals surface area contributed by atoms with Crippen molar-refractivity contribution in [3.63, 3.8) is 0 Å². The summed E-state index contributed by atoms with van der Waals surface area (Å²) in [5.74, 6) is -0.522.